The van der Waals surface area contributed by atoms with Crippen LogP contribution in [-0.4, -0.2) is 74.1 Å². The van der Waals surface area contributed by atoms with Crippen LogP contribution < -0.4 is 26.8 Å². The Labute approximate surface area is 291 Å². The second kappa shape index (κ2) is 14.8. The van der Waals surface area contributed by atoms with Crippen molar-refractivity contribution in [3.63, 3.8) is 0 Å². The highest BCUT2D eigenvalue weighted by atomic mass is 16.3. The van der Waals surface area contributed by atoms with Gasteiger partial charge in [-0.05, 0) is 37.3 Å². The Morgan fingerprint density at radius 1 is 0.882 bits per heavy atom. The van der Waals surface area contributed by atoms with Gasteiger partial charge in [0.25, 0.3) is 17.7 Å². The van der Waals surface area contributed by atoms with E-state index < -0.39 is 65.3 Å². The molecule has 5 N–H and O–H groups in total. The van der Waals surface area contributed by atoms with E-state index in [4.69, 9.17) is 8.83 Å². The first-order valence-electron chi connectivity index (χ1n) is 16.6. The number of carbonyl (C=O) groups is 5. The number of pyridine rings is 1. The van der Waals surface area contributed by atoms with E-state index >= 15 is 0 Å². The van der Waals surface area contributed by atoms with Gasteiger partial charge in [-0.25, -0.2) is 9.97 Å². The van der Waals surface area contributed by atoms with Gasteiger partial charge in [0.2, 0.25) is 29.2 Å². The highest BCUT2D eigenvalue weighted by molar-refractivity contribution is 5.98. The molecule has 0 spiro atoms. The Morgan fingerprint density at radius 2 is 1.61 bits per heavy atom. The molecule has 2 aliphatic heterocycles. The highest BCUT2D eigenvalue weighted by Crippen LogP contribution is 2.25. The molecule has 266 valence electrons. The molecule has 16 nitrogen and oxygen atoms in total. The van der Waals surface area contributed by atoms with Crippen molar-refractivity contribution in [3.05, 3.63) is 106 Å². The number of aromatic amines is 1. The van der Waals surface area contributed by atoms with Gasteiger partial charge in [0.1, 0.15) is 42.4 Å². The molecule has 4 bridgehead atoms. The van der Waals surface area contributed by atoms with Crippen molar-refractivity contribution >= 4 is 29.5 Å². The minimum Gasteiger partial charge on any atom is -0.446 e. The quantitative estimate of drug-likeness (QED) is 0.196. The van der Waals surface area contributed by atoms with Gasteiger partial charge in [-0.15, -0.1) is 0 Å². The maximum absolute atomic E-state index is 14.2. The molecule has 3 aromatic heterocycles. The molecule has 4 aromatic rings. The van der Waals surface area contributed by atoms with Crippen LogP contribution in [0.15, 0.2) is 74.7 Å². The standard InChI is InChI=1S/C35H38N8O8/c1-18(2)12-23-30(46)36-19(3)33-42-26(17-50-33)35(49)43-15-21(37-29(45)22-10-7-11-28(44)38-22)14-27(43)32(48)40-24(13-20-8-5-4-6-9-20)34-41-25(16-51-34)31(47)39-23/h4-11,16-19,21,23-24,27H,12-15H2,1-3H3,(H,36,46)(H,37,45)(H,38,44)(H,39,47)(H,40,48)/t19-,21+,23-,24+,27+/m1/s1. The van der Waals surface area contributed by atoms with E-state index in [-0.39, 0.29) is 54.2 Å². The Bertz CT molecular complexity index is 1990. The predicted molar refractivity (Wildman–Crippen MR) is 179 cm³/mol. The van der Waals surface area contributed by atoms with Gasteiger partial charge in [0.15, 0.2) is 11.4 Å². The Kier molecular flexibility index (Phi) is 10.1. The summed E-state index contributed by atoms with van der Waals surface area (Å²) in [6.07, 6.45) is 2.86. The molecule has 5 amide bonds. The van der Waals surface area contributed by atoms with Gasteiger partial charge in [-0.1, -0.05) is 50.2 Å². The maximum Gasteiger partial charge on any atom is 0.276 e. The molecule has 6 rings (SSSR count). The summed E-state index contributed by atoms with van der Waals surface area (Å²) in [6, 6.07) is 8.99. The molecule has 2 aliphatic rings. The van der Waals surface area contributed by atoms with E-state index in [1.54, 1.807) is 6.92 Å². The zero-order chi connectivity index (χ0) is 36.2. The lowest BCUT2D eigenvalue weighted by atomic mass is 10.0. The first kappa shape index (κ1) is 34.8. The lowest BCUT2D eigenvalue weighted by Gasteiger charge is -2.25. The molecule has 5 atom stereocenters. The number of nitrogens with zero attached hydrogens (tertiary/aromatic N) is 3. The van der Waals surface area contributed by atoms with Gasteiger partial charge < -0.3 is 40.0 Å². The summed E-state index contributed by atoms with van der Waals surface area (Å²) >= 11 is 0. The highest BCUT2D eigenvalue weighted by Gasteiger charge is 2.43. The van der Waals surface area contributed by atoms with E-state index in [1.807, 2.05) is 44.2 Å². The van der Waals surface area contributed by atoms with Crippen LogP contribution in [0.5, 0.6) is 0 Å². The third-order valence-electron chi connectivity index (χ3n) is 8.66. The number of aromatic nitrogens is 3. The third-order valence-corrected chi connectivity index (χ3v) is 8.66. The van der Waals surface area contributed by atoms with E-state index in [2.05, 4.69) is 36.2 Å². The summed E-state index contributed by atoms with van der Waals surface area (Å²) in [7, 11) is 0. The second-order valence-electron chi connectivity index (χ2n) is 13.1. The monoisotopic (exact) mass is 698 g/mol. The van der Waals surface area contributed by atoms with Crippen LogP contribution >= 0.6 is 0 Å². The Morgan fingerprint density at radius 3 is 2.35 bits per heavy atom. The number of carbonyl (C=O) groups excluding carboxylic acids is 5. The number of hydrogen-bond acceptors (Lipinski definition) is 10. The summed E-state index contributed by atoms with van der Waals surface area (Å²) in [4.78, 5) is 92.3. The summed E-state index contributed by atoms with van der Waals surface area (Å²) in [5.74, 6) is -2.83. The fourth-order valence-electron chi connectivity index (χ4n) is 6.17. The van der Waals surface area contributed by atoms with Crippen LogP contribution in [0.4, 0.5) is 0 Å². The molecule has 1 fully saturated rings. The zero-order valence-corrected chi connectivity index (χ0v) is 28.2. The van der Waals surface area contributed by atoms with Gasteiger partial charge in [-0.2, -0.15) is 0 Å². The van der Waals surface area contributed by atoms with Crippen molar-refractivity contribution < 1.29 is 32.8 Å². The number of H-pyrrole nitrogens is 1. The van der Waals surface area contributed by atoms with Crippen LogP contribution in [0, 0.1) is 5.92 Å². The van der Waals surface area contributed by atoms with Crippen LogP contribution in [-0.2, 0) is 16.0 Å². The summed E-state index contributed by atoms with van der Waals surface area (Å²) in [6.45, 7) is 5.37. The molecule has 16 heteroatoms. The largest absolute Gasteiger partial charge is 0.446 e. The van der Waals surface area contributed by atoms with Gasteiger partial charge in [0.05, 0.1) is 0 Å². The number of fused-ring (bicyclic) bond motifs is 5. The smallest absolute Gasteiger partial charge is 0.276 e. The number of rotatable bonds is 6. The number of benzene rings is 1. The van der Waals surface area contributed by atoms with Crippen LogP contribution in [0.1, 0.15) is 94.5 Å². The lowest BCUT2D eigenvalue weighted by Crippen LogP contribution is -2.48. The molecular weight excluding hydrogens is 660 g/mol. The van der Waals surface area contributed by atoms with Crippen molar-refractivity contribution in [3.8, 4) is 0 Å². The van der Waals surface area contributed by atoms with Crippen LogP contribution in [0.3, 0.4) is 0 Å². The Hall–Kier alpha value is -6.06. The molecule has 0 aliphatic carbocycles. The SMILES string of the molecule is CC(C)C[C@H]1NC(=O)c2coc(n2)[C@H](Cc2ccccc2)NC(=O)[C@@H]2C[C@H](NC(=O)c3cccc(=O)[nH]3)CN2C(=O)c2coc(n2)[C@@H](C)NC1=O. The minimum absolute atomic E-state index is 0.0186. The van der Waals surface area contributed by atoms with Crippen molar-refractivity contribution in [2.75, 3.05) is 6.54 Å². The van der Waals surface area contributed by atoms with Crippen molar-refractivity contribution in [2.24, 2.45) is 5.92 Å². The van der Waals surface area contributed by atoms with E-state index in [9.17, 15) is 28.8 Å². The fraction of sp³-hybridized carbons (Fsp3) is 0.371. The summed E-state index contributed by atoms with van der Waals surface area (Å²) in [5.41, 5.74) is 0.177. The van der Waals surface area contributed by atoms with E-state index in [0.29, 0.717) is 6.42 Å². The predicted octanol–water partition coefficient (Wildman–Crippen LogP) is 1.80. The fourth-order valence-corrected chi connectivity index (χ4v) is 6.17. The number of nitrogens with one attached hydrogen (secondary N) is 5. The summed E-state index contributed by atoms with van der Waals surface area (Å²) < 4.78 is 11.4. The first-order chi connectivity index (χ1) is 24.4. The minimum atomic E-state index is -1.10. The Balaban J connectivity index is 1.36. The number of hydrogen-bond donors (Lipinski definition) is 5. The third kappa shape index (κ3) is 8.06. The van der Waals surface area contributed by atoms with E-state index in [1.165, 1.54) is 23.1 Å². The first-order valence-corrected chi connectivity index (χ1v) is 16.6. The number of oxazole rings is 2. The van der Waals surface area contributed by atoms with Crippen molar-refractivity contribution in [2.45, 2.75) is 70.2 Å². The van der Waals surface area contributed by atoms with E-state index in [0.717, 1.165) is 18.1 Å². The molecule has 1 saturated heterocycles. The zero-order valence-electron chi connectivity index (χ0n) is 28.2. The summed E-state index contributed by atoms with van der Waals surface area (Å²) in [5, 5.41) is 11.3. The van der Waals surface area contributed by atoms with Gasteiger partial charge in [-0.3, -0.25) is 28.8 Å². The second-order valence-corrected chi connectivity index (χ2v) is 13.1. The van der Waals surface area contributed by atoms with Gasteiger partial charge >= 0.3 is 0 Å². The lowest BCUT2D eigenvalue weighted by molar-refractivity contribution is -0.126. The van der Waals surface area contributed by atoms with Gasteiger partial charge in [0, 0.05) is 25.1 Å². The average Bonchev–Trinajstić information content (AvgIpc) is 3.88. The molecule has 0 radical (unpaired) electrons. The van der Waals surface area contributed by atoms with Crippen molar-refractivity contribution in [1.29, 1.82) is 0 Å². The molecule has 0 unspecified atom stereocenters. The maximum atomic E-state index is 14.2. The molecule has 51 heavy (non-hydrogen) atoms. The van der Waals surface area contributed by atoms with Crippen molar-refractivity contribution in [1.82, 2.24) is 41.1 Å². The average molecular weight is 699 g/mol. The molecule has 5 heterocycles. The molecule has 0 saturated carbocycles. The molecule has 1 aromatic carbocycles. The van der Waals surface area contributed by atoms with Crippen LogP contribution in [0.2, 0.25) is 0 Å². The number of amides is 5. The molecular formula is C35H38N8O8. The van der Waals surface area contributed by atoms with Crippen LogP contribution in [0.25, 0.3) is 0 Å². The normalized spacial score (nSPS) is 22.7. The topological polar surface area (TPSA) is 222 Å².